The third-order valence-corrected chi connectivity index (χ3v) is 5.02. The van der Waals surface area contributed by atoms with Crippen molar-refractivity contribution in [2.45, 2.75) is 19.9 Å². The van der Waals surface area contributed by atoms with E-state index in [1.165, 1.54) is 0 Å². The summed E-state index contributed by atoms with van der Waals surface area (Å²) in [6, 6.07) is 25.4. The van der Waals surface area contributed by atoms with Crippen LogP contribution in [0.5, 0.6) is 5.75 Å². The second-order valence-corrected chi connectivity index (χ2v) is 7.19. The minimum Gasteiger partial charge on any atom is -0.482 e. The number of benzene rings is 3. The number of carbonyl (C=O) groups is 1. The van der Waals surface area contributed by atoms with Gasteiger partial charge < -0.3 is 19.6 Å². The molecule has 0 amide bonds. The van der Waals surface area contributed by atoms with Crippen molar-refractivity contribution in [3.05, 3.63) is 90.3 Å². The van der Waals surface area contributed by atoms with Gasteiger partial charge in [-0.2, -0.15) is 0 Å². The molecule has 0 unspecified atom stereocenters. The van der Waals surface area contributed by atoms with Crippen LogP contribution < -0.4 is 10.1 Å². The number of hydrogen-bond donors (Lipinski definition) is 2. The Bertz CT molecular complexity index is 1130. The molecule has 4 rings (SSSR count). The maximum atomic E-state index is 10.9. The van der Waals surface area contributed by atoms with Gasteiger partial charge in [0.2, 0.25) is 5.89 Å². The Labute approximate surface area is 186 Å². The standard InChI is InChI=1S/C26H24N2O4/c1-2-20-21(14-9-15-22(20)31-17-24(29)30)27-16-23-28-25(18-10-5-3-6-11-18)26(32-23)19-12-7-4-8-13-19/h3-15,27H,2,16-17H2,1H3,(H,29,30). The molecular weight excluding hydrogens is 404 g/mol. The van der Waals surface area contributed by atoms with Gasteiger partial charge in [-0.25, -0.2) is 9.78 Å². The minimum atomic E-state index is -1.01. The second kappa shape index (κ2) is 9.83. The van der Waals surface area contributed by atoms with Crippen molar-refractivity contribution < 1.29 is 19.1 Å². The molecule has 0 bridgehead atoms. The number of hydrogen-bond acceptors (Lipinski definition) is 5. The summed E-state index contributed by atoms with van der Waals surface area (Å²) in [4.78, 5) is 15.6. The molecule has 3 aromatic carbocycles. The molecule has 0 fully saturated rings. The number of nitrogens with one attached hydrogen (secondary N) is 1. The lowest BCUT2D eigenvalue weighted by Crippen LogP contribution is -2.11. The van der Waals surface area contributed by atoms with E-state index >= 15 is 0 Å². The van der Waals surface area contributed by atoms with E-state index in [-0.39, 0.29) is 6.61 Å². The van der Waals surface area contributed by atoms with Crippen molar-refractivity contribution in [1.82, 2.24) is 4.98 Å². The number of aromatic nitrogens is 1. The van der Waals surface area contributed by atoms with E-state index in [1.807, 2.05) is 79.7 Å². The van der Waals surface area contributed by atoms with Crippen molar-refractivity contribution in [3.63, 3.8) is 0 Å². The van der Waals surface area contributed by atoms with Gasteiger partial charge in [-0.3, -0.25) is 0 Å². The zero-order valence-corrected chi connectivity index (χ0v) is 17.7. The van der Waals surface area contributed by atoms with E-state index in [9.17, 15) is 4.79 Å². The maximum Gasteiger partial charge on any atom is 0.341 e. The van der Waals surface area contributed by atoms with E-state index in [0.29, 0.717) is 24.6 Å². The van der Waals surface area contributed by atoms with Crippen LogP contribution in [-0.4, -0.2) is 22.7 Å². The van der Waals surface area contributed by atoms with Crippen molar-refractivity contribution >= 4 is 11.7 Å². The molecule has 0 atom stereocenters. The molecule has 162 valence electrons. The second-order valence-electron chi connectivity index (χ2n) is 7.19. The summed E-state index contributed by atoms with van der Waals surface area (Å²) in [5.74, 6) is 0.832. The topological polar surface area (TPSA) is 84.6 Å². The molecule has 0 saturated carbocycles. The number of rotatable bonds is 9. The van der Waals surface area contributed by atoms with E-state index in [0.717, 1.165) is 33.8 Å². The molecule has 0 radical (unpaired) electrons. The Hall–Kier alpha value is -4.06. The molecule has 4 aromatic rings. The number of aliphatic carboxylic acids is 1. The summed E-state index contributed by atoms with van der Waals surface area (Å²) in [5.41, 5.74) is 4.51. The molecule has 0 saturated heterocycles. The van der Waals surface area contributed by atoms with E-state index in [4.69, 9.17) is 19.2 Å². The quantitative estimate of drug-likeness (QED) is 0.359. The Morgan fingerprint density at radius 1 is 0.969 bits per heavy atom. The van der Waals surface area contributed by atoms with Crippen LogP contribution in [-0.2, 0) is 17.8 Å². The van der Waals surface area contributed by atoms with Gasteiger partial charge >= 0.3 is 5.97 Å². The fourth-order valence-corrected chi connectivity index (χ4v) is 3.56. The van der Waals surface area contributed by atoms with Crippen LogP contribution in [0.1, 0.15) is 18.4 Å². The zero-order chi connectivity index (χ0) is 22.3. The van der Waals surface area contributed by atoms with E-state index in [1.54, 1.807) is 6.07 Å². The number of carboxylic acids is 1. The van der Waals surface area contributed by atoms with Gasteiger partial charge in [0, 0.05) is 22.4 Å². The molecule has 6 heteroatoms. The van der Waals surface area contributed by atoms with Crippen molar-refractivity contribution in [2.24, 2.45) is 0 Å². The molecule has 6 nitrogen and oxygen atoms in total. The number of carboxylic acid groups (broad SMARTS) is 1. The Balaban J connectivity index is 1.61. The highest BCUT2D eigenvalue weighted by Crippen LogP contribution is 2.33. The summed E-state index contributed by atoms with van der Waals surface area (Å²) >= 11 is 0. The lowest BCUT2D eigenvalue weighted by molar-refractivity contribution is -0.139. The van der Waals surface area contributed by atoms with Gasteiger partial charge in [-0.1, -0.05) is 73.7 Å². The van der Waals surface area contributed by atoms with Crippen molar-refractivity contribution in [2.75, 3.05) is 11.9 Å². The Morgan fingerprint density at radius 2 is 1.66 bits per heavy atom. The van der Waals surface area contributed by atoms with E-state index in [2.05, 4.69) is 5.32 Å². The van der Waals surface area contributed by atoms with Crippen LogP contribution in [0.4, 0.5) is 5.69 Å². The number of oxazole rings is 1. The van der Waals surface area contributed by atoms with Gasteiger partial charge in [0.1, 0.15) is 11.4 Å². The summed E-state index contributed by atoms with van der Waals surface area (Å²) in [5, 5.41) is 12.3. The van der Waals surface area contributed by atoms with Crippen LogP contribution >= 0.6 is 0 Å². The lowest BCUT2D eigenvalue weighted by Gasteiger charge is -2.14. The first kappa shape index (κ1) is 21.2. The number of nitrogens with zero attached hydrogens (tertiary/aromatic N) is 1. The molecule has 0 spiro atoms. The molecule has 0 aliphatic rings. The van der Waals surface area contributed by atoms with Crippen LogP contribution in [0, 0.1) is 0 Å². The minimum absolute atomic E-state index is 0.377. The highest BCUT2D eigenvalue weighted by molar-refractivity contribution is 5.76. The predicted molar refractivity (Wildman–Crippen MR) is 124 cm³/mol. The summed E-state index contributed by atoms with van der Waals surface area (Å²) in [6.07, 6.45) is 0.689. The monoisotopic (exact) mass is 428 g/mol. The smallest absolute Gasteiger partial charge is 0.341 e. The molecular formula is C26H24N2O4. The van der Waals surface area contributed by atoms with Gasteiger partial charge in [0.15, 0.2) is 12.4 Å². The first-order chi connectivity index (χ1) is 15.7. The number of ether oxygens (including phenoxy) is 1. The third kappa shape index (κ3) is 4.81. The summed E-state index contributed by atoms with van der Waals surface area (Å²) < 4.78 is 11.6. The molecule has 1 heterocycles. The van der Waals surface area contributed by atoms with Crippen LogP contribution in [0.3, 0.4) is 0 Å². The normalized spacial score (nSPS) is 10.7. The molecule has 1 aromatic heterocycles. The van der Waals surface area contributed by atoms with E-state index < -0.39 is 5.97 Å². The Kier molecular flexibility index (Phi) is 6.51. The zero-order valence-electron chi connectivity index (χ0n) is 17.7. The predicted octanol–water partition coefficient (Wildman–Crippen LogP) is 5.65. The SMILES string of the molecule is CCc1c(NCc2nc(-c3ccccc3)c(-c3ccccc3)o2)cccc1OCC(=O)O. The average molecular weight is 428 g/mol. The Morgan fingerprint density at radius 3 is 2.31 bits per heavy atom. The van der Waals surface area contributed by atoms with Crippen molar-refractivity contribution in [3.8, 4) is 28.3 Å². The molecule has 0 aliphatic heterocycles. The highest BCUT2D eigenvalue weighted by atomic mass is 16.5. The largest absolute Gasteiger partial charge is 0.482 e. The fourth-order valence-electron chi connectivity index (χ4n) is 3.56. The van der Waals surface area contributed by atoms with Crippen molar-refractivity contribution in [1.29, 1.82) is 0 Å². The average Bonchev–Trinajstić information content (AvgIpc) is 3.27. The first-order valence-corrected chi connectivity index (χ1v) is 10.5. The van der Waals surface area contributed by atoms with Gasteiger partial charge in [0.25, 0.3) is 0 Å². The first-order valence-electron chi connectivity index (χ1n) is 10.5. The lowest BCUT2D eigenvalue weighted by atomic mass is 10.1. The third-order valence-electron chi connectivity index (χ3n) is 5.02. The summed E-state index contributed by atoms with van der Waals surface area (Å²) in [7, 11) is 0. The fraction of sp³-hybridized carbons (Fsp3) is 0.154. The van der Waals surface area contributed by atoms with Crippen LogP contribution in [0.15, 0.2) is 83.3 Å². The highest BCUT2D eigenvalue weighted by Gasteiger charge is 2.17. The van der Waals surface area contributed by atoms with Gasteiger partial charge in [-0.15, -0.1) is 0 Å². The summed E-state index contributed by atoms with van der Waals surface area (Å²) in [6.45, 7) is 2.00. The maximum absolute atomic E-state index is 10.9. The van der Waals surface area contributed by atoms with Crippen LogP contribution in [0.2, 0.25) is 0 Å². The van der Waals surface area contributed by atoms with Gasteiger partial charge in [-0.05, 0) is 18.6 Å². The molecule has 2 N–H and O–H groups in total. The van der Waals surface area contributed by atoms with Gasteiger partial charge in [0.05, 0.1) is 6.54 Å². The molecule has 32 heavy (non-hydrogen) atoms. The number of anilines is 1. The van der Waals surface area contributed by atoms with Crippen LogP contribution in [0.25, 0.3) is 22.6 Å². The molecule has 0 aliphatic carbocycles.